The zero-order valence-corrected chi connectivity index (χ0v) is 10.6. The summed E-state index contributed by atoms with van der Waals surface area (Å²) in [7, 11) is 0. The lowest BCUT2D eigenvalue weighted by Crippen LogP contribution is -2.44. The SMILES string of the molecule is CCCC(C)CC(=O)NC(C(=O)O)C(C)C. The third-order valence-corrected chi connectivity index (χ3v) is 2.56. The van der Waals surface area contributed by atoms with Crippen LogP contribution in [0.1, 0.15) is 47.0 Å². The van der Waals surface area contributed by atoms with Gasteiger partial charge in [-0.3, -0.25) is 4.79 Å². The molecule has 0 radical (unpaired) electrons. The largest absolute Gasteiger partial charge is 0.480 e. The van der Waals surface area contributed by atoms with Crippen molar-refractivity contribution in [3.8, 4) is 0 Å². The van der Waals surface area contributed by atoms with E-state index < -0.39 is 12.0 Å². The van der Waals surface area contributed by atoms with Crippen LogP contribution in [0.2, 0.25) is 0 Å². The monoisotopic (exact) mass is 229 g/mol. The predicted molar refractivity (Wildman–Crippen MR) is 63.1 cm³/mol. The molecule has 2 atom stereocenters. The Labute approximate surface area is 97.4 Å². The van der Waals surface area contributed by atoms with Crippen LogP contribution in [0.25, 0.3) is 0 Å². The van der Waals surface area contributed by atoms with Gasteiger partial charge in [-0.05, 0) is 11.8 Å². The summed E-state index contributed by atoms with van der Waals surface area (Å²) in [6, 6.07) is -0.777. The topological polar surface area (TPSA) is 66.4 Å². The molecule has 94 valence electrons. The molecule has 0 aromatic rings. The van der Waals surface area contributed by atoms with Gasteiger partial charge in [0.2, 0.25) is 5.91 Å². The number of carboxylic acid groups (broad SMARTS) is 1. The summed E-state index contributed by atoms with van der Waals surface area (Å²) in [5.41, 5.74) is 0. The molecule has 0 rings (SSSR count). The Bertz CT molecular complexity index is 238. The van der Waals surface area contributed by atoms with Crippen molar-refractivity contribution >= 4 is 11.9 Å². The van der Waals surface area contributed by atoms with Crippen LogP contribution in [-0.4, -0.2) is 23.0 Å². The first-order valence-electron chi connectivity index (χ1n) is 5.90. The van der Waals surface area contributed by atoms with E-state index in [1.165, 1.54) is 0 Å². The Kier molecular flexibility index (Phi) is 6.77. The molecule has 0 aliphatic heterocycles. The number of nitrogens with one attached hydrogen (secondary N) is 1. The molecule has 2 unspecified atom stereocenters. The van der Waals surface area contributed by atoms with Crippen LogP contribution in [0.15, 0.2) is 0 Å². The van der Waals surface area contributed by atoms with E-state index in [4.69, 9.17) is 5.11 Å². The second kappa shape index (κ2) is 7.25. The fourth-order valence-corrected chi connectivity index (χ4v) is 1.66. The molecule has 0 aliphatic carbocycles. The van der Waals surface area contributed by atoms with Gasteiger partial charge in [-0.25, -0.2) is 4.79 Å². The summed E-state index contributed by atoms with van der Waals surface area (Å²) >= 11 is 0. The van der Waals surface area contributed by atoms with Crippen LogP contribution >= 0.6 is 0 Å². The van der Waals surface area contributed by atoms with E-state index in [-0.39, 0.29) is 11.8 Å². The van der Waals surface area contributed by atoms with E-state index in [1.54, 1.807) is 13.8 Å². The highest BCUT2D eigenvalue weighted by atomic mass is 16.4. The van der Waals surface area contributed by atoms with Crippen molar-refractivity contribution in [1.29, 1.82) is 0 Å². The number of amides is 1. The highest BCUT2D eigenvalue weighted by molar-refractivity contribution is 5.83. The molecule has 0 fully saturated rings. The molecule has 4 heteroatoms. The first-order valence-corrected chi connectivity index (χ1v) is 5.90. The number of aliphatic carboxylic acids is 1. The maximum atomic E-state index is 11.6. The minimum absolute atomic E-state index is 0.0945. The summed E-state index contributed by atoms with van der Waals surface area (Å²) in [5, 5.41) is 11.5. The summed E-state index contributed by atoms with van der Waals surface area (Å²) in [4.78, 5) is 22.4. The van der Waals surface area contributed by atoms with E-state index in [2.05, 4.69) is 12.2 Å². The molecule has 16 heavy (non-hydrogen) atoms. The average Bonchev–Trinajstić information content (AvgIpc) is 2.13. The zero-order chi connectivity index (χ0) is 12.7. The van der Waals surface area contributed by atoms with Crippen molar-refractivity contribution < 1.29 is 14.7 Å². The van der Waals surface area contributed by atoms with Gasteiger partial charge in [0, 0.05) is 6.42 Å². The van der Waals surface area contributed by atoms with Crippen molar-refractivity contribution in [2.24, 2.45) is 11.8 Å². The molecule has 0 saturated carbocycles. The van der Waals surface area contributed by atoms with Crippen LogP contribution in [0.3, 0.4) is 0 Å². The number of carboxylic acids is 1. The first-order chi connectivity index (χ1) is 7.38. The minimum atomic E-state index is -0.966. The van der Waals surface area contributed by atoms with E-state index >= 15 is 0 Å². The molecule has 0 saturated heterocycles. The van der Waals surface area contributed by atoms with Crippen molar-refractivity contribution in [2.75, 3.05) is 0 Å². The molecule has 0 aromatic heterocycles. The quantitative estimate of drug-likeness (QED) is 0.702. The lowest BCUT2D eigenvalue weighted by molar-refractivity contribution is -0.143. The van der Waals surface area contributed by atoms with Gasteiger partial charge in [0.25, 0.3) is 0 Å². The molecular weight excluding hydrogens is 206 g/mol. The lowest BCUT2D eigenvalue weighted by Gasteiger charge is -2.19. The van der Waals surface area contributed by atoms with Crippen LogP contribution in [-0.2, 0) is 9.59 Å². The maximum Gasteiger partial charge on any atom is 0.326 e. The Hall–Kier alpha value is -1.06. The summed E-state index contributed by atoms with van der Waals surface area (Å²) in [5.74, 6) is -0.914. The highest BCUT2D eigenvalue weighted by Crippen LogP contribution is 2.10. The standard InChI is InChI=1S/C12H23NO3/c1-5-6-9(4)7-10(14)13-11(8(2)3)12(15)16/h8-9,11H,5-7H2,1-4H3,(H,13,14)(H,15,16). The molecule has 0 aliphatic rings. The van der Waals surface area contributed by atoms with Gasteiger partial charge in [-0.2, -0.15) is 0 Å². The lowest BCUT2D eigenvalue weighted by atomic mass is 10.0. The minimum Gasteiger partial charge on any atom is -0.480 e. The zero-order valence-electron chi connectivity index (χ0n) is 10.6. The average molecular weight is 229 g/mol. The van der Waals surface area contributed by atoms with Crippen molar-refractivity contribution in [3.63, 3.8) is 0 Å². The van der Waals surface area contributed by atoms with E-state index in [0.29, 0.717) is 12.3 Å². The Balaban J connectivity index is 4.15. The highest BCUT2D eigenvalue weighted by Gasteiger charge is 2.23. The van der Waals surface area contributed by atoms with E-state index in [1.807, 2.05) is 6.92 Å². The first kappa shape index (κ1) is 14.9. The summed E-state index contributed by atoms with van der Waals surface area (Å²) < 4.78 is 0. The number of rotatable bonds is 7. The Morgan fingerprint density at radius 1 is 1.25 bits per heavy atom. The molecule has 0 spiro atoms. The van der Waals surface area contributed by atoms with Crippen LogP contribution < -0.4 is 5.32 Å². The smallest absolute Gasteiger partial charge is 0.326 e. The van der Waals surface area contributed by atoms with Crippen LogP contribution in [0, 0.1) is 11.8 Å². The van der Waals surface area contributed by atoms with E-state index in [9.17, 15) is 9.59 Å². The van der Waals surface area contributed by atoms with Gasteiger partial charge in [0.1, 0.15) is 6.04 Å². The molecule has 0 aromatic carbocycles. The number of carbonyl (C=O) groups excluding carboxylic acids is 1. The van der Waals surface area contributed by atoms with Gasteiger partial charge in [0.15, 0.2) is 0 Å². The third kappa shape index (κ3) is 5.73. The van der Waals surface area contributed by atoms with Gasteiger partial charge in [-0.1, -0.05) is 40.5 Å². The molecule has 0 heterocycles. The number of carbonyl (C=O) groups is 2. The molecule has 0 bridgehead atoms. The predicted octanol–water partition coefficient (Wildman–Crippen LogP) is 2.04. The van der Waals surface area contributed by atoms with Gasteiger partial charge < -0.3 is 10.4 Å². The molecule has 4 nitrogen and oxygen atoms in total. The number of hydrogen-bond donors (Lipinski definition) is 2. The van der Waals surface area contributed by atoms with Gasteiger partial charge >= 0.3 is 5.97 Å². The van der Waals surface area contributed by atoms with Crippen molar-refractivity contribution in [3.05, 3.63) is 0 Å². The second-order valence-corrected chi connectivity index (χ2v) is 4.73. The molecule has 2 N–H and O–H groups in total. The third-order valence-electron chi connectivity index (χ3n) is 2.56. The second-order valence-electron chi connectivity index (χ2n) is 4.73. The Morgan fingerprint density at radius 2 is 1.81 bits per heavy atom. The summed E-state index contributed by atoms with van der Waals surface area (Å²) in [6.07, 6.45) is 2.44. The van der Waals surface area contributed by atoms with Crippen molar-refractivity contribution in [2.45, 2.75) is 53.0 Å². The maximum absolute atomic E-state index is 11.6. The van der Waals surface area contributed by atoms with E-state index in [0.717, 1.165) is 12.8 Å². The van der Waals surface area contributed by atoms with Crippen LogP contribution in [0.5, 0.6) is 0 Å². The fourth-order valence-electron chi connectivity index (χ4n) is 1.66. The van der Waals surface area contributed by atoms with Crippen molar-refractivity contribution in [1.82, 2.24) is 5.32 Å². The fraction of sp³-hybridized carbons (Fsp3) is 0.833. The van der Waals surface area contributed by atoms with Gasteiger partial charge in [0.05, 0.1) is 0 Å². The summed E-state index contributed by atoms with van der Waals surface area (Å²) in [6.45, 7) is 7.65. The number of hydrogen-bond acceptors (Lipinski definition) is 2. The Morgan fingerprint density at radius 3 is 2.19 bits per heavy atom. The normalized spacial score (nSPS) is 14.6. The van der Waals surface area contributed by atoms with Gasteiger partial charge in [-0.15, -0.1) is 0 Å². The molecular formula is C12H23NO3. The van der Waals surface area contributed by atoms with Crippen LogP contribution in [0.4, 0.5) is 0 Å². The molecule has 1 amide bonds.